The summed E-state index contributed by atoms with van der Waals surface area (Å²) in [5.74, 6) is -0.637. The minimum Gasteiger partial charge on any atom is -0.381 e. The lowest BCUT2D eigenvalue weighted by molar-refractivity contribution is -0.202. The fourth-order valence-corrected chi connectivity index (χ4v) is 6.74. The van der Waals surface area contributed by atoms with Crippen molar-refractivity contribution in [2.45, 2.75) is 68.7 Å². The molecule has 0 aliphatic carbocycles. The molecule has 1 amide bonds. The van der Waals surface area contributed by atoms with Crippen LogP contribution in [0.5, 0.6) is 0 Å². The molecule has 3 aliphatic rings. The summed E-state index contributed by atoms with van der Waals surface area (Å²) in [6, 6.07) is 9.91. The molecule has 3 aliphatic heterocycles. The Hall–Kier alpha value is -1.56. The molecule has 3 fully saturated rings. The van der Waals surface area contributed by atoms with Crippen molar-refractivity contribution >= 4 is 15.9 Å². The van der Waals surface area contributed by atoms with Gasteiger partial charge in [-0.05, 0) is 31.2 Å². The second kappa shape index (κ2) is 11.2. The Morgan fingerprint density at radius 2 is 1.79 bits per heavy atom. The summed E-state index contributed by atoms with van der Waals surface area (Å²) in [6.45, 7) is 2.14. The first-order valence-corrected chi connectivity index (χ1v) is 13.3. The van der Waals surface area contributed by atoms with Gasteiger partial charge in [-0.2, -0.15) is 0 Å². The van der Waals surface area contributed by atoms with Gasteiger partial charge in [-0.25, -0.2) is 23.0 Å². The summed E-state index contributed by atoms with van der Waals surface area (Å²) in [7, 11) is -3.92. The lowest BCUT2D eigenvalue weighted by Crippen LogP contribution is -2.61. The monoisotopic (exact) mass is 482 g/mol. The fraction of sp³-hybridized carbons (Fsp3) is 0.696. The van der Waals surface area contributed by atoms with E-state index in [2.05, 4.69) is 5.48 Å². The molecule has 1 unspecified atom stereocenters. The van der Waals surface area contributed by atoms with Crippen LogP contribution in [-0.2, 0) is 40.5 Å². The zero-order valence-corrected chi connectivity index (χ0v) is 19.8. The summed E-state index contributed by atoms with van der Waals surface area (Å²) in [6.07, 6.45) is 3.38. The number of nitrogens with zero attached hydrogens (tertiary/aromatic N) is 1. The first-order chi connectivity index (χ1) is 16.0. The molecule has 1 aromatic rings. The van der Waals surface area contributed by atoms with E-state index in [0.29, 0.717) is 45.6 Å². The summed E-state index contributed by atoms with van der Waals surface area (Å²) in [5.41, 5.74) is 3.50. The normalized spacial score (nSPS) is 24.9. The fourth-order valence-electron chi connectivity index (χ4n) is 4.59. The Balaban J connectivity index is 1.36. The Bertz CT molecular complexity index is 860. The van der Waals surface area contributed by atoms with Gasteiger partial charge < -0.3 is 14.2 Å². The molecule has 0 bridgehead atoms. The molecule has 0 spiro atoms. The van der Waals surface area contributed by atoms with E-state index in [9.17, 15) is 13.2 Å². The van der Waals surface area contributed by atoms with Crippen LogP contribution < -0.4 is 5.48 Å². The van der Waals surface area contributed by atoms with Crippen LogP contribution in [0.15, 0.2) is 30.3 Å². The molecular formula is C23H34N2O7S. The number of carbonyl (C=O) groups is 1. The highest BCUT2D eigenvalue weighted by Crippen LogP contribution is 2.35. The van der Waals surface area contributed by atoms with Gasteiger partial charge in [-0.1, -0.05) is 30.3 Å². The first-order valence-electron chi connectivity index (χ1n) is 11.8. The third-order valence-electron chi connectivity index (χ3n) is 6.70. The van der Waals surface area contributed by atoms with Gasteiger partial charge in [0.15, 0.2) is 11.0 Å². The van der Waals surface area contributed by atoms with Crippen molar-refractivity contribution in [3.8, 4) is 0 Å². The predicted octanol–water partition coefficient (Wildman–Crippen LogP) is 2.12. The maximum Gasteiger partial charge on any atom is 0.266 e. The third-order valence-corrected chi connectivity index (χ3v) is 9.32. The second-order valence-corrected chi connectivity index (χ2v) is 11.1. The molecule has 0 saturated carbocycles. The molecule has 1 atom stereocenters. The van der Waals surface area contributed by atoms with Crippen LogP contribution in [0.25, 0.3) is 0 Å². The summed E-state index contributed by atoms with van der Waals surface area (Å²) < 4.78 is 44.2. The van der Waals surface area contributed by atoms with E-state index in [4.69, 9.17) is 19.0 Å². The minimum atomic E-state index is -3.92. The lowest BCUT2D eigenvalue weighted by Gasteiger charge is -2.41. The Kier molecular flexibility index (Phi) is 8.37. The zero-order valence-electron chi connectivity index (χ0n) is 18.9. The number of hydroxylamine groups is 1. The van der Waals surface area contributed by atoms with E-state index in [1.807, 2.05) is 30.3 Å². The van der Waals surface area contributed by atoms with Crippen molar-refractivity contribution in [2.75, 3.05) is 32.9 Å². The molecule has 33 heavy (non-hydrogen) atoms. The number of carbonyl (C=O) groups excluding carboxylic acids is 1. The molecule has 0 radical (unpaired) electrons. The van der Waals surface area contributed by atoms with Crippen molar-refractivity contribution in [2.24, 2.45) is 0 Å². The molecular weight excluding hydrogens is 448 g/mol. The van der Waals surface area contributed by atoms with Crippen LogP contribution >= 0.6 is 0 Å². The highest BCUT2D eigenvalue weighted by molar-refractivity contribution is 7.91. The maximum atomic E-state index is 13.7. The van der Waals surface area contributed by atoms with Crippen molar-refractivity contribution in [3.63, 3.8) is 0 Å². The predicted molar refractivity (Wildman–Crippen MR) is 120 cm³/mol. The van der Waals surface area contributed by atoms with Crippen LogP contribution in [0, 0.1) is 0 Å². The topological polar surface area (TPSA) is 103 Å². The van der Waals surface area contributed by atoms with E-state index in [0.717, 1.165) is 18.4 Å². The molecule has 10 heteroatoms. The van der Waals surface area contributed by atoms with Crippen LogP contribution in [0.2, 0.25) is 0 Å². The molecule has 0 aromatic heterocycles. The van der Waals surface area contributed by atoms with Crippen molar-refractivity contribution < 1.29 is 32.3 Å². The Labute approximate surface area is 195 Å². The minimum absolute atomic E-state index is 0.0112. The van der Waals surface area contributed by atoms with Crippen LogP contribution in [0.1, 0.15) is 50.5 Å². The van der Waals surface area contributed by atoms with E-state index in [1.165, 1.54) is 4.31 Å². The highest BCUT2D eigenvalue weighted by Gasteiger charge is 2.54. The van der Waals surface area contributed by atoms with Gasteiger partial charge in [-0.15, -0.1) is 0 Å². The quantitative estimate of drug-likeness (QED) is 0.566. The van der Waals surface area contributed by atoms with Crippen LogP contribution in [-0.4, -0.2) is 68.7 Å². The van der Waals surface area contributed by atoms with Gasteiger partial charge in [0, 0.05) is 52.2 Å². The van der Waals surface area contributed by atoms with Crippen molar-refractivity contribution in [1.29, 1.82) is 0 Å². The molecule has 1 N–H and O–H groups in total. The zero-order chi connectivity index (χ0) is 23.2. The first kappa shape index (κ1) is 24.6. The van der Waals surface area contributed by atoms with E-state index in [-0.39, 0.29) is 32.2 Å². The molecule has 3 heterocycles. The van der Waals surface area contributed by atoms with E-state index < -0.39 is 27.0 Å². The van der Waals surface area contributed by atoms with E-state index >= 15 is 0 Å². The van der Waals surface area contributed by atoms with Gasteiger partial charge in [0.2, 0.25) is 10.0 Å². The lowest BCUT2D eigenvalue weighted by atomic mass is 9.98. The van der Waals surface area contributed by atoms with Gasteiger partial charge in [0.1, 0.15) is 0 Å². The third kappa shape index (κ3) is 5.75. The number of ether oxygens (including phenoxy) is 3. The largest absolute Gasteiger partial charge is 0.381 e. The maximum absolute atomic E-state index is 13.7. The van der Waals surface area contributed by atoms with E-state index in [1.54, 1.807) is 0 Å². The Morgan fingerprint density at radius 3 is 2.45 bits per heavy atom. The summed E-state index contributed by atoms with van der Waals surface area (Å²) in [5, 5.41) is 0. The summed E-state index contributed by atoms with van der Waals surface area (Å²) in [4.78, 5) is 18.6. The second-order valence-electron chi connectivity index (χ2n) is 8.85. The smallest absolute Gasteiger partial charge is 0.266 e. The molecule has 4 rings (SSSR count). The standard InChI is InChI=1S/C23H34N2O7S/c26-22(24-32-21-8-4-5-15-30-21)23(11-16-29-17-12-23)33(27,28)25-13-9-20(10-14-25)31-18-19-6-2-1-3-7-19/h1-3,6-7,20-21H,4-5,8-18H2,(H,24,26). The Morgan fingerprint density at radius 1 is 1.06 bits per heavy atom. The number of sulfonamides is 1. The number of benzene rings is 1. The molecule has 9 nitrogen and oxygen atoms in total. The summed E-state index contributed by atoms with van der Waals surface area (Å²) >= 11 is 0. The number of amides is 1. The van der Waals surface area contributed by atoms with Gasteiger partial charge in [0.25, 0.3) is 5.91 Å². The van der Waals surface area contributed by atoms with Gasteiger partial charge in [-0.3, -0.25) is 4.79 Å². The number of hydrogen-bond acceptors (Lipinski definition) is 7. The number of piperidine rings is 1. The SMILES string of the molecule is O=C(NOC1CCCCO1)C1(S(=O)(=O)N2CCC(OCc3ccccc3)CC2)CCOCC1. The van der Waals surface area contributed by atoms with Gasteiger partial charge in [0.05, 0.1) is 12.7 Å². The van der Waals surface area contributed by atoms with Crippen molar-refractivity contribution in [3.05, 3.63) is 35.9 Å². The highest BCUT2D eigenvalue weighted by atomic mass is 32.2. The number of rotatable bonds is 8. The number of nitrogens with one attached hydrogen (secondary N) is 1. The molecule has 184 valence electrons. The van der Waals surface area contributed by atoms with Crippen LogP contribution in [0.4, 0.5) is 0 Å². The van der Waals surface area contributed by atoms with Crippen LogP contribution in [0.3, 0.4) is 0 Å². The number of hydrogen-bond donors (Lipinski definition) is 1. The van der Waals surface area contributed by atoms with Crippen molar-refractivity contribution in [1.82, 2.24) is 9.79 Å². The molecule has 1 aromatic carbocycles. The average Bonchev–Trinajstić information content (AvgIpc) is 2.88. The molecule has 3 saturated heterocycles. The van der Waals surface area contributed by atoms with Gasteiger partial charge >= 0.3 is 0 Å². The average molecular weight is 483 g/mol.